The number of hydrogen-bond donors (Lipinski definition) is 3. The maximum atomic E-state index is 14.9. The summed E-state index contributed by atoms with van der Waals surface area (Å²) in [6.45, 7) is 5.26. The first-order valence-electron chi connectivity index (χ1n) is 8.24. The van der Waals surface area contributed by atoms with E-state index in [4.69, 9.17) is 6.11 Å². The third kappa shape index (κ3) is 2.31. The zero-order valence-corrected chi connectivity index (χ0v) is 13.2. The van der Waals surface area contributed by atoms with E-state index in [2.05, 4.69) is 26.8 Å². The first kappa shape index (κ1) is 15.3. The van der Waals surface area contributed by atoms with Crippen LogP contribution in [0.15, 0.2) is 23.8 Å². The molecule has 0 amide bonds. The van der Waals surface area contributed by atoms with E-state index in [9.17, 15) is 14.3 Å². The van der Waals surface area contributed by atoms with E-state index in [1.165, 1.54) is 17.0 Å². The summed E-state index contributed by atoms with van der Waals surface area (Å²) in [4.78, 5) is 22.9. The highest BCUT2D eigenvalue weighted by molar-refractivity contribution is 5.71. The summed E-state index contributed by atoms with van der Waals surface area (Å²) in [5, 5.41) is 12.4. The molecule has 9 heteroatoms. The molecule has 3 N–H and O–H groups in total. The lowest BCUT2D eigenvalue weighted by Crippen LogP contribution is -2.37. The molecule has 3 rings (SSSR count). The number of H-pyrrole nitrogens is 1. The number of ether oxygens (including phenoxy) is 1. The fourth-order valence-corrected chi connectivity index (χ4v) is 2.92. The molecule has 130 valence electrons. The highest BCUT2D eigenvalue weighted by atomic mass is 19.1. The van der Waals surface area contributed by atoms with Gasteiger partial charge in [0, 0.05) is 13.8 Å². The monoisotopic (exact) mass is 339 g/mol. The van der Waals surface area contributed by atoms with E-state index in [1.807, 2.05) is 0 Å². The van der Waals surface area contributed by atoms with Gasteiger partial charge in [-0.3, -0.25) is 14.3 Å². The van der Waals surface area contributed by atoms with Crippen LogP contribution in [0, 0.1) is 5.92 Å². The first-order valence-corrected chi connectivity index (χ1v) is 7.53. The number of halogens is 1. The van der Waals surface area contributed by atoms with Crippen LogP contribution >= 0.6 is 0 Å². The Morgan fingerprint density at radius 3 is 3.17 bits per heavy atom. The van der Waals surface area contributed by atoms with Crippen molar-refractivity contribution < 1.29 is 15.6 Å². The summed E-state index contributed by atoms with van der Waals surface area (Å²) in [5.41, 5.74) is -1.47. The lowest BCUT2D eigenvalue weighted by molar-refractivity contribution is -0.0824. The molecule has 1 fully saturated rings. The Balaban J connectivity index is 2.05. The van der Waals surface area contributed by atoms with Crippen LogP contribution in [-0.4, -0.2) is 49.5 Å². The lowest BCUT2D eigenvalue weighted by atomic mass is 9.88. The van der Waals surface area contributed by atoms with Gasteiger partial charge in [-0.15, -0.1) is 6.58 Å². The largest absolute Gasteiger partial charge is 0.393 e. The average Bonchev–Trinajstić information content (AvgIpc) is 3.14. The number of aromatic amines is 1. The van der Waals surface area contributed by atoms with Gasteiger partial charge in [-0.25, -0.2) is 9.37 Å². The summed E-state index contributed by atoms with van der Waals surface area (Å²) in [7, 11) is 0. The second-order valence-electron chi connectivity index (χ2n) is 5.72. The molecule has 1 aliphatic rings. The summed E-state index contributed by atoms with van der Waals surface area (Å²) in [6, 6.07) is 0. The summed E-state index contributed by atoms with van der Waals surface area (Å²) in [5.74, 6) is -0.467. The molecule has 0 saturated carbocycles. The molecule has 2 aromatic heterocycles. The number of aliphatic hydroxyl groups excluding tert-OH is 1. The minimum atomic E-state index is -1.45. The zero-order valence-electron chi connectivity index (χ0n) is 14.2. The molecule has 1 aliphatic heterocycles. The predicted molar refractivity (Wildman–Crippen MR) is 86.5 cm³/mol. The highest BCUT2D eigenvalue weighted by Crippen LogP contribution is 2.44. The number of nitrogens with zero attached hydrogens (tertiary/aromatic N) is 3. The number of alkyl halides is 1. The van der Waals surface area contributed by atoms with Gasteiger partial charge >= 0.3 is 0 Å². The quantitative estimate of drug-likeness (QED) is 0.701. The Hall–Kier alpha value is -2.26. The van der Waals surface area contributed by atoms with Crippen molar-refractivity contribution in [3.05, 3.63) is 29.3 Å². The SMILES string of the molecule is [3H]CCNc1nc2c(ncn2[C@@H]2O[C@](C=C)(CO)[C@@H](C)[C@H]2F)c(=O)[nH]1. The second kappa shape index (κ2) is 5.99. The number of nitrogens with one attached hydrogen (secondary N) is 2. The van der Waals surface area contributed by atoms with Crippen LogP contribution in [-0.2, 0) is 4.74 Å². The van der Waals surface area contributed by atoms with Crippen molar-refractivity contribution in [2.24, 2.45) is 5.92 Å². The molecule has 0 aliphatic carbocycles. The summed E-state index contributed by atoms with van der Waals surface area (Å²) >= 11 is 0. The first-order chi connectivity index (χ1) is 12.0. The molecule has 1 saturated heterocycles. The number of rotatable bonds is 5. The topological polar surface area (TPSA) is 105 Å². The fraction of sp³-hybridized carbons (Fsp3) is 0.533. The number of imidazole rings is 1. The molecule has 0 aromatic carbocycles. The van der Waals surface area contributed by atoms with Gasteiger partial charge in [0.1, 0.15) is 5.60 Å². The van der Waals surface area contributed by atoms with Crippen LogP contribution in [0.3, 0.4) is 0 Å². The van der Waals surface area contributed by atoms with Crippen molar-refractivity contribution >= 4 is 17.1 Å². The Labute approximate surface area is 138 Å². The zero-order chi connectivity index (χ0) is 18.2. The maximum absolute atomic E-state index is 14.9. The molecule has 4 atom stereocenters. The third-order valence-corrected chi connectivity index (χ3v) is 4.45. The minimum Gasteiger partial charge on any atom is -0.393 e. The number of fused-ring (bicyclic) bond motifs is 1. The fourth-order valence-electron chi connectivity index (χ4n) is 2.92. The third-order valence-electron chi connectivity index (χ3n) is 4.45. The van der Waals surface area contributed by atoms with Gasteiger partial charge in [0.25, 0.3) is 5.56 Å². The molecular formula is C15H20FN5O3. The lowest BCUT2D eigenvalue weighted by Gasteiger charge is -2.26. The average molecular weight is 339 g/mol. The van der Waals surface area contributed by atoms with Crippen molar-refractivity contribution in [1.82, 2.24) is 19.5 Å². The summed E-state index contributed by atoms with van der Waals surface area (Å²) in [6.07, 6.45) is 0.142. The summed E-state index contributed by atoms with van der Waals surface area (Å²) < 4.78 is 29.1. The molecule has 0 unspecified atom stereocenters. The predicted octanol–water partition coefficient (Wildman–Crippen LogP) is 0.971. The van der Waals surface area contributed by atoms with Crippen molar-refractivity contribution in [2.75, 3.05) is 18.5 Å². The van der Waals surface area contributed by atoms with Crippen LogP contribution in [0.1, 0.15) is 21.4 Å². The Kier molecular flexibility index (Phi) is 3.81. The van der Waals surface area contributed by atoms with Gasteiger partial charge in [-0.05, 0) is 6.90 Å². The molecule has 3 heterocycles. The van der Waals surface area contributed by atoms with Crippen molar-refractivity contribution in [3.8, 4) is 0 Å². The van der Waals surface area contributed by atoms with E-state index < -0.39 is 36.1 Å². The molecule has 0 spiro atoms. The van der Waals surface area contributed by atoms with Crippen LogP contribution in [0.25, 0.3) is 11.2 Å². The van der Waals surface area contributed by atoms with E-state index in [0.29, 0.717) is 6.54 Å². The molecular weight excluding hydrogens is 317 g/mol. The second-order valence-corrected chi connectivity index (χ2v) is 5.72. The van der Waals surface area contributed by atoms with Crippen LogP contribution in [0.4, 0.5) is 10.3 Å². The standard InChI is InChI=1S/C15H20FN5O3/c1-4-15(6-22)8(3)9(16)13(24-15)21-7-18-10-11(21)19-14(17-5-2)20-12(10)23/h4,7-9,13,22H,1,5-6H2,2-3H3,(H2,17,19,20,23)/t8-,9+,13+,15+/m0/s1/i2T. The van der Waals surface area contributed by atoms with Crippen LogP contribution in [0.5, 0.6) is 0 Å². The van der Waals surface area contributed by atoms with E-state index in [0.717, 1.165) is 0 Å². The van der Waals surface area contributed by atoms with Crippen LogP contribution in [0.2, 0.25) is 0 Å². The molecule has 2 aromatic rings. The van der Waals surface area contributed by atoms with E-state index >= 15 is 0 Å². The van der Waals surface area contributed by atoms with Gasteiger partial charge in [0.2, 0.25) is 5.95 Å². The Morgan fingerprint density at radius 1 is 1.75 bits per heavy atom. The van der Waals surface area contributed by atoms with Gasteiger partial charge in [0.15, 0.2) is 23.6 Å². The Bertz CT molecular complexity index is 840. The van der Waals surface area contributed by atoms with E-state index in [1.54, 1.807) is 6.92 Å². The van der Waals surface area contributed by atoms with Crippen molar-refractivity contribution in [2.45, 2.75) is 31.8 Å². The number of aromatic nitrogens is 4. The van der Waals surface area contributed by atoms with Gasteiger partial charge in [0.05, 0.1) is 12.9 Å². The molecule has 0 bridgehead atoms. The van der Waals surface area contributed by atoms with Gasteiger partial charge in [-0.2, -0.15) is 4.98 Å². The Morgan fingerprint density at radius 2 is 2.54 bits per heavy atom. The van der Waals surface area contributed by atoms with Crippen LogP contribution < -0.4 is 10.9 Å². The molecule has 8 nitrogen and oxygen atoms in total. The number of anilines is 1. The number of hydrogen-bond acceptors (Lipinski definition) is 6. The van der Waals surface area contributed by atoms with Gasteiger partial charge < -0.3 is 15.2 Å². The highest BCUT2D eigenvalue weighted by Gasteiger charge is 2.52. The number of aliphatic hydroxyl groups is 1. The van der Waals surface area contributed by atoms with Gasteiger partial charge in [-0.1, -0.05) is 13.0 Å². The van der Waals surface area contributed by atoms with Crippen molar-refractivity contribution in [3.63, 3.8) is 0 Å². The van der Waals surface area contributed by atoms with E-state index in [-0.39, 0.29) is 24.0 Å². The smallest absolute Gasteiger partial charge is 0.280 e. The maximum Gasteiger partial charge on any atom is 0.280 e. The molecule has 24 heavy (non-hydrogen) atoms. The van der Waals surface area contributed by atoms with Crippen molar-refractivity contribution in [1.29, 1.82) is 0 Å². The molecule has 0 radical (unpaired) electrons. The minimum absolute atomic E-state index is 0.0555. The normalized spacial score (nSPS) is 30.5.